The summed E-state index contributed by atoms with van der Waals surface area (Å²) in [6, 6.07) is 2.14. The maximum absolute atomic E-state index is 12.9. The van der Waals surface area contributed by atoms with Gasteiger partial charge in [-0.3, -0.25) is 0 Å². The molecular weight excluding hydrogens is 371 g/mol. The topological polar surface area (TPSA) is 74.4 Å². The van der Waals surface area contributed by atoms with E-state index in [-0.39, 0.29) is 17.7 Å². The van der Waals surface area contributed by atoms with Crippen LogP contribution in [0.3, 0.4) is 0 Å². The molecule has 0 saturated heterocycles. The first-order valence-electron chi connectivity index (χ1n) is 8.09. The number of hydrogen-bond acceptors (Lipinski definition) is 5. The highest BCUT2D eigenvalue weighted by atomic mass is 32.2. The zero-order valence-electron chi connectivity index (χ0n) is 14.4. The summed E-state index contributed by atoms with van der Waals surface area (Å²) in [6.45, 7) is -1.06. The van der Waals surface area contributed by atoms with Crippen LogP contribution in [0.25, 0.3) is 11.0 Å². The van der Waals surface area contributed by atoms with Gasteiger partial charge in [-0.15, -0.1) is 4.94 Å². The lowest BCUT2D eigenvalue weighted by atomic mass is 9.81. The number of alkyl halides is 2. The minimum atomic E-state index is -3.96. The molecule has 1 aliphatic carbocycles. The molecule has 0 radical (unpaired) electrons. The average Bonchev–Trinajstić information content (AvgIpc) is 3.05. The van der Waals surface area contributed by atoms with Gasteiger partial charge in [0.25, 0.3) is 0 Å². The molecule has 1 N–H and O–H groups in total. The van der Waals surface area contributed by atoms with Crippen molar-refractivity contribution in [1.29, 1.82) is 0 Å². The lowest BCUT2D eigenvalue weighted by molar-refractivity contribution is -0.354. The number of aromatic nitrogens is 3. The highest BCUT2D eigenvalue weighted by Gasteiger charge is 2.38. The van der Waals surface area contributed by atoms with Crippen LogP contribution in [0.15, 0.2) is 18.6 Å². The molecule has 0 spiro atoms. The van der Waals surface area contributed by atoms with Gasteiger partial charge < -0.3 is 9.88 Å². The van der Waals surface area contributed by atoms with E-state index in [1.165, 1.54) is 13.4 Å². The number of fused-ring (bicyclic) bond motifs is 1. The number of nitrogens with zero attached hydrogens (tertiary/aromatic N) is 4. The quantitative estimate of drug-likeness (QED) is 0.747. The molecule has 0 aromatic carbocycles. The van der Waals surface area contributed by atoms with E-state index >= 15 is 0 Å². The van der Waals surface area contributed by atoms with Crippen LogP contribution in [0, 0.1) is 5.92 Å². The number of hydrogen-bond donors (Lipinski definition) is 1. The van der Waals surface area contributed by atoms with Crippen LogP contribution in [0.1, 0.15) is 12.8 Å². The molecule has 3 rings (SSSR count). The third-order valence-corrected chi connectivity index (χ3v) is 6.25. The molecule has 7 nitrogen and oxygen atoms in total. The monoisotopic (exact) mass is 391 g/mol. The molecule has 1 atom stereocenters. The molecular formula is C15H20F3N5O2S. The van der Waals surface area contributed by atoms with Gasteiger partial charge in [-0.1, -0.05) is 0 Å². The Hall–Kier alpha value is -1.72. The summed E-state index contributed by atoms with van der Waals surface area (Å²) in [5, 5.41) is 0.926. The molecule has 1 saturated carbocycles. The molecule has 2 aromatic rings. The Balaban J connectivity index is 1.52. The van der Waals surface area contributed by atoms with Crippen LogP contribution in [-0.2, 0) is 15.9 Å². The van der Waals surface area contributed by atoms with Crippen molar-refractivity contribution in [3.63, 3.8) is 0 Å². The fraction of sp³-hybridized carbons (Fsp3) is 0.600. The van der Waals surface area contributed by atoms with Crippen LogP contribution in [0.2, 0.25) is 0 Å². The van der Waals surface area contributed by atoms with Crippen LogP contribution < -0.4 is 4.90 Å². The van der Waals surface area contributed by atoms with E-state index in [0.717, 1.165) is 34.0 Å². The van der Waals surface area contributed by atoms with Crippen LogP contribution in [0.4, 0.5) is 19.1 Å². The Bertz CT molecular complexity index is 783. The number of nitrogens with one attached hydrogen (secondary N) is 1. The SMILES string of the molecule is CN(c1ncnc2[nH]ccc12)C1CC(CS(=O)N(C)CC(F)(F)OF)C1. The number of H-pyrrole nitrogens is 1. The van der Waals surface area contributed by atoms with E-state index in [9.17, 15) is 17.5 Å². The van der Waals surface area contributed by atoms with Gasteiger partial charge in [0, 0.05) is 32.1 Å². The maximum Gasteiger partial charge on any atom is 0.399 e. The third kappa shape index (κ3) is 3.99. The van der Waals surface area contributed by atoms with Crippen molar-refractivity contribution in [1.82, 2.24) is 19.3 Å². The lowest BCUT2D eigenvalue weighted by Crippen LogP contribution is -2.46. The zero-order chi connectivity index (χ0) is 18.9. The molecule has 144 valence electrons. The molecule has 1 fully saturated rings. The van der Waals surface area contributed by atoms with Crippen molar-refractivity contribution in [3.05, 3.63) is 18.6 Å². The van der Waals surface area contributed by atoms with Crippen molar-refractivity contribution in [3.8, 4) is 0 Å². The molecule has 1 aliphatic rings. The average molecular weight is 391 g/mol. The molecule has 0 bridgehead atoms. The smallest absolute Gasteiger partial charge is 0.356 e. The summed E-state index contributed by atoms with van der Waals surface area (Å²) >= 11 is 0. The van der Waals surface area contributed by atoms with E-state index in [0.29, 0.717) is 0 Å². The highest BCUT2D eigenvalue weighted by molar-refractivity contribution is 7.82. The normalized spacial score (nSPS) is 21.8. The third-order valence-electron chi connectivity index (χ3n) is 4.67. The lowest BCUT2D eigenvalue weighted by Gasteiger charge is -2.42. The van der Waals surface area contributed by atoms with Gasteiger partial charge >= 0.3 is 6.11 Å². The van der Waals surface area contributed by atoms with Crippen molar-refractivity contribution >= 4 is 27.8 Å². The molecule has 1 unspecified atom stereocenters. The van der Waals surface area contributed by atoms with Gasteiger partial charge in [0.2, 0.25) is 0 Å². The summed E-state index contributed by atoms with van der Waals surface area (Å²) in [7, 11) is 1.58. The number of anilines is 1. The minimum absolute atomic E-state index is 0.147. The van der Waals surface area contributed by atoms with Gasteiger partial charge in [0.05, 0.1) is 16.4 Å². The van der Waals surface area contributed by atoms with E-state index in [4.69, 9.17) is 0 Å². The molecule has 11 heteroatoms. The fourth-order valence-corrected chi connectivity index (χ4v) is 4.37. The molecule has 26 heavy (non-hydrogen) atoms. The molecule has 0 aliphatic heterocycles. The van der Waals surface area contributed by atoms with Crippen molar-refractivity contribution in [2.24, 2.45) is 5.92 Å². The summed E-state index contributed by atoms with van der Waals surface area (Å²) in [5.41, 5.74) is 0.761. The zero-order valence-corrected chi connectivity index (χ0v) is 15.2. The first kappa shape index (κ1) is 19.1. The number of rotatable bonds is 8. The van der Waals surface area contributed by atoms with E-state index in [2.05, 4.69) is 24.8 Å². The van der Waals surface area contributed by atoms with Crippen molar-refractivity contribution in [2.75, 3.05) is 31.3 Å². The first-order valence-corrected chi connectivity index (χ1v) is 9.36. The van der Waals surface area contributed by atoms with Gasteiger partial charge in [0.15, 0.2) is 0 Å². The van der Waals surface area contributed by atoms with Gasteiger partial charge in [-0.2, -0.15) is 8.78 Å². The predicted molar refractivity (Wildman–Crippen MR) is 91.6 cm³/mol. The van der Waals surface area contributed by atoms with Crippen LogP contribution in [-0.4, -0.2) is 62.0 Å². The molecule has 2 heterocycles. The van der Waals surface area contributed by atoms with Crippen molar-refractivity contribution < 1.29 is 22.5 Å². The van der Waals surface area contributed by atoms with E-state index in [1.807, 2.05) is 13.1 Å². The first-order chi connectivity index (χ1) is 12.3. The Kier molecular flexibility index (Phi) is 5.49. The van der Waals surface area contributed by atoms with Gasteiger partial charge in [-0.05, 0) is 29.4 Å². The summed E-state index contributed by atoms with van der Waals surface area (Å²) in [4.78, 5) is 16.2. The second-order valence-electron chi connectivity index (χ2n) is 6.53. The Morgan fingerprint density at radius 2 is 2.12 bits per heavy atom. The highest BCUT2D eigenvalue weighted by Crippen LogP contribution is 2.35. The predicted octanol–water partition coefficient (Wildman–Crippen LogP) is 2.26. The Morgan fingerprint density at radius 3 is 2.81 bits per heavy atom. The van der Waals surface area contributed by atoms with E-state index in [1.54, 1.807) is 6.20 Å². The second kappa shape index (κ2) is 7.49. The standard InChI is InChI=1S/C15H20F3N5O2S/c1-22(8-15(16,17)25-18)26(24)7-10-5-11(6-10)23(2)14-12-3-4-19-13(12)20-9-21-14/h3-4,9-11H,5-8H2,1-2H3,(H,19,20,21). The summed E-state index contributed by atoms with van der Waals surface area (Å²) in [5.74, 6) is 1.22. The summed E-state index contributed by atoms with van der Waals surface area (Å²) < 4.78 is 50.5. The second-order valence-corrected chi connectivity index (χ2v) is 8.13. The molecule has 2 aromatic heterocycles. The summed E-state index contributed by atoms with van der Waals surface area (Å²) in [6.07, 6.45) is 0.903. The van der Waals surface area contributed by atoms with Gasteiger partial charge in [0.1, 0.15) is 24.3 Å². The Labute approximate surface area is 151 Å². The number of likely N-dealkylation sites (N-methyl/N-ethyl adjacent to an activating group) is 1. The Morgan fingerprint density at radius 1 is 1.38 bits per heavy atom. The molecule has 0 amide bonds. The largest absolute Gasteiger partial charge is 0.399 e. The number of aromatic amines is 1. The van der Waals surface area contributed by atoms with Crippen molar-refractivity contribution in [2.45, 2.75) is 25.0 Å². The van der Waals surface area contributed by atoms with Gasteiger partial charge in [-0.25, -0.2) is 18.5 Å². The fourth-order valence-electron chi connectivity index (χ4n) is 3.15. The van der Waals surface area contributed by atoms with E-state index < -0.39 is 23.6 Å². The maximum atomic E-state index is 12.9. The minimum Gasteiger partial charge on any atom is -0.356 e. The van der Waals surface area contributed by atoms with Crippen LogP contribution in [0.5, 0.6) is 0 Å². The number of halogens is 3. The van der Waals surface area contributed by atoms with Crippen LogP contribution >= 0.6 is 0 Å².